The van der Waals surface area contributed by atoms with Gasteiger partial charge in [-0.15, -0.1) is 0 Å². The first-order valence-corrected chi connectivity index (χ1v) is 12.7. The van der Waals surface area contributed by atoms with Crippen molar-refractivity contribution < 1.29 is 0 Å². The number of hydrogen-bond donors (Lipinski definition) is 0. The van der Waals surface area contributed by atoms with Crippen molar-refractivity contribution in [3.05, 3.63) is 35.9 Å². The van der Waals surface area contributed by atoms with E-state index in [1.807, 2.05) is 0 Å². The maximum absolute atomic E-state index is 2.44. The molecule has 1 aromatic carbocycles. The van der Waals surface area contributed by atoms with E-state index in [0.717, 1.165) is 0 Å². The molecule has 0 fully saturated rings. The zero-order chi connectivity index (χ0) is 20.3. The van der Waals surface area contributed by atoms with Gasteiger partial charge in [0, 0.05) is 0 Å². The molecule has 0 aromatic heterocycles. The van der Waals surface area contributed by atoms with E-state index in [-0.39, 0.29) is 0 Å². The van der Waals surface area contributed by atoms with Gasteiger partial charge in [0.15, 0.2) is 0 Å². The Morgan fingerprint density at radius 1 is 0.536 bits per heavy atom. The fraction of sp³-hybridized carbons (Fsp3) is 0.786. The third-order valence-electron chi connectivity index (χ3n) is 6.23. The van der Waals surface area contributed by atoms with Crippen molar-refractivity contribution >= 4 is 0 Å². The second-order valence-electron chi connectivity index (χ2n) is 9.88. The Kier molecular flexibility index (Phi) is 15.4. The summed E-state index contributed by atoms with van der Waals surface area (Å²) in [6, 6.07) is 11.0. The Morgan fingerprint density at radius 2 is 0.929 bits per heavy atom. The summed E-state index contributed by atoms with van der Waals surface area (Å²) in [6.45, 7) is 7.17. The average molecular weight is 387 g/mol. The lowest BCUT2D eigenvalue weighted by Crippen LogP contribution is -2.14. The van der Waals surface area contributed by atoms with Gasteiger partial charge in [-0.2, -0.15) is 0 Å². The van der Waals surface area contributed by atoms with Crippen LogP contribution in [0.15, 0.2) is 30.3 Å². The summed E-state index contributed by atoms with van der Waals surface area (Å²) in [6.07, 6.45) is 25.8. The normalized spacial score (nSPS) is 11.8. The van der Waals surface area contributed by atoms with Crippen molar-refractivity contribution in [1.29, 1.82) is 0 Å². The van der Waals surface area contributed by atoms with Gasteiger partial charge in [-0.05, 0) is 23.8 Å². The van der Waals surface area contributed by atoms with E-state index >= 15 is 0 Å². The first-order valence-electron chi connectivity index (χ1n) is 12.7. The molecule has 28 heavy (non-hydrogen) atoms. The zero-order valence-corrected chi connectivity index (χ0v) is 19.6. The molecule has 0 aliphatic carbocycles. The Hall–Kier alpha value is -0.780. The molecule has 1 aromatic rings. The minimum absolute atomic E-state index is 0.442. The number of hydrogen-bond acceptors (Lipinski definition) is 0. The molecule has 0 heteroatoms. The van der Waals surface area contributed by atoms with Crippen LogP contribution in [0.3, 0.4) is 0 Å². The first-order chi connectivity index (χ1) is 13.6. The largest absolute Gasteiger partial charge is 0.0654 e. The highest BCUT2D eigenvalue weighted by Gasteiger charge is 2.17. The minimum Gasteiger partial charge on any atom is -0.0654 e. The maximum Gasteiger partial charge on any atom is -0.0227 e. The van der Waals surface area contributed by atoms with Crippen LogP contribution in [0.1, 0.15) is 135 Å². The Bertz CT molecular complexity index is 431. The highest BCUT2D eigenvalue weighted by atomic mass is 14.2. The van der Waals surface area contributed by atoms with Gasteiger partial charge < -0.3 is 0 Å². The minimum atomic E-state index is 0.442. The summed E-state index contributed by atoms with van der Waals surface area (Å²) >= 11 is 0. The van der Waals surface area contributed by atoms with E-state index in [2.05, 4.69) is 51.1 Å². The molecule has 0 unspecified atom stereocenters. The summed E-state index contributed by atoms with van der Waals surface area (Å²) in [5, 5.41) is 0. The van der Waals surface area contributed by atoms with E-state index in [9.17, 15) is 0 Å². The maximum atomic E-state index is 2.44. The van der Waals surface area contributed by atoms with Crippen molar-refractivity contribution in [3.63, 3.8) is 0 Å². The molecule has 1 rings (SSSR count). The van der Waals surface area contributed by atoms with Crippen LogP contribution in [0.5, 0.6) is 0 Å². The second-order valence-corrected chi connectivity index (χ2v) is 9.88. The highest BCUT2D eigenvalue weighted by Crippen LogP contribution is 2.28. The van der Waals surface area contributed by atoms with Crippen LogP contribution in [0, 0.1) is 5.41 Å². The molecular formula is C28H50. The summed E-state index contributed by atoms with van der Waals surface area (Å²) in [4.78, 5) is 0. The fourth-order valence-electron chi connectivity index (χ4n) is 4.39. The molecule has 0 radical (unpaired) electrons. The van der Waals surface area contributed by atoms with Crippen molar-refractivity contribution in [2.45, 2.75) is 136 Å². The molecular weight excluding hydrogens is 336 g/mol. The summed E-state index contributed by atoms with van der Waals surface area (Å²) in [7, 11) is 0. The van der Waals surface area contributed by atoms with Crippen LogP contribution in [0.25, 0.3) is 0 Å². The van der Waals surface area contributed by atoms with Crippen LogP contribution < -0.4 is 0 Å². The molecule has 0 amide bonds. The lowest BCUT2D eigenvalue weighted by molar-refractivity contribution is 0.316. The van der Waals surface area contributed by atoms with Crippen molar-refractivity contribution in [2.75, 3.05) is 0 Å². The predicted octanol–water partition coefficient (Wildman–Crippen LogP) is 9.91. The lowest BCUT2D eigenvalue weighted by Gasteiger charge is -2.24. The summed E-state index contributed by atoms with van der Waals surface area (Å²) < 4.78 is 0. The molecule has 162 valence electrons. The third-order valence-corrected chi connectivity index (χ3v) is 6.23. The van der Waals surface area contributed by atoms with Crippen molar-refractivity contribution in [3.8, 4) is 0 Å². The predicted molar refractivity (Wildman–Crippen MR) is 128 cm³/mol. The van der Waals surface area contributed by atoms with Crippen molar-refractivity contribution in [2.24, 2.45) is 5.41 Å². The molecule has 0 atom stereocenters. The third kappa shape index (κ3) is 15.2. The summed E-state index contributed by atoms with van der Waals surface area (Å²) in [5.74, 6) is 0. The molecule has 0 saturated carbocycles. The molecule has 0 bridgehead atoms. The van der Waals surface area contributed by atoms with Gasteiger partial charge in [0.25, 0.3) is 0 Å². The van der Waals surface area contributed by atoms with Gasteiger partial charge in [-0.1, -0.05) is 154 Å². The smallest absolute Gasteiger partial charge is 0.0227 e. The lowest BCUT2D eigenvalue weighted by atomic mass is 9.81. The molecule has 0 nitrogen and oxygen atoms in total. The fourth-order valence-corrected chi connectivity index (χ4v) is 4.39. The number of rotatable bonds is 19. The highest BCUT2D eigenvalue weighted by molar-refractivity contribution is 5.16. The molecule has 0 N–H and O–H groups in total. The molecule has 0 heterocycles. The van der Waals surface area contributed by atoms with Gasteiger partial charge >= 0.3 is 0 Å². The van der Waals surface area contributed by atoms with Gasteiger partial charge in [0.2, 0.25) is 0 Å². The monoisotopic (exact) mass is 386 g/mol. The van der Waals surface area contributed by atoms with Crippen LogP contribution >= 0.6 is 0 Å². The van der Waals surface area contributed by atoms with Crippen LogP contribution in [0.4, 0.5) is 0 Å². The van der Waals surface area contributed by atoms with E-state index in [1.165, 1.54) is 121 Å². The first kappa shape index (κ1) is 25.3. The van der Waals surface area contributed by atoms with Gasteiger partial charge in [0.1, 0.15) is 0 Å². The van der Waals surface area contributed by atoms with Gasteiger partial charge in [-0.25, -0.2) is 0 Å². The molecule has 0 aliphatic heterocycles. The Labute approximate surface area is 177 Å². The standard InChI is InChI=1S/C28H50/c1-4-5-6-7-8-9-10-11-12-13-14-15-16-17-18-22-25-28(2,3)26-27-23-20-19-21-24-27/h19-21,23-24H,4-18,22,25-26H2,1-3H3. The molecule has 0 aliphatic rings. The van der Waals surface area contributed by atoms with Crippen LogP contribution in [-0.4, -0.2) is 0 Å². The van der Waals surface area contributed by atoms with Gasteiger partial charge in [0.05, 0.1) is 0 Å². The van der Waals surface area contributed by atoms with E-state index < -0.39 is 0 Å². The number of unbranched alkanes of at least 4 members (excludes halogenated alkanes) is 15. The van der Waals surface area contributed by atoms with Crippen molar-refractivity contribution in [1.82, 2.24) is 0 Å². The Balaban J connectivity index is 1.83. The van der Waals surface area contributed by atoms with E-state index in [0.29, 0.717) is 5.41 Å². The Morgan fingerprint density at radius 3 is 1.36 bits per heavy atom. The van der Waals surface area contributed by atoms with E-state index in [4.69, 9.17) is 0 Å². The van der Waals surface area contributed by atoms with Gasteiger partial charge in [-0.3, -0.25) is 0 Å². The zero-order valence-electron chi connectivity index (χ0n) is 19.6. The molecule has 0 saturated heterocycles. The SMILES string of the molecule is CCCCCCCCCCCCCCCCCCC(C)(C)Cc1ccccc1. The average Bonchev–Trinajstić information content (AvgIpc) is 2.68. The summed E-state index contributed by atoms with van der Waals surface area (Å²) in [5.41, 5.74) is 1.93. The van der Waals surface area contributed by atoms with Crippen LogP contribution in [-0.2, 0) is 6.42 Å². The second kappa shape index (κ2) is 17.1. The molecule has 0 spiro atoms. The van der Waals surface area contributed by atoms with Crippen LogP contribution in [0.2, 0.25) is 0 Å². The topological polar surface area (TPSA) is 0 Å². The number of benzene rings is 1. The quantitative estimate of drug-likeness (QED) is 0.207. The van der Waals surface area contributed by atoms with E-state index in [1.54, 1.807) is 0 Å².